The second-order valence-corrected chi connectivity index (χ2v) is 4.98. The van der Waals surface area contributed by atoms with Crippen LogP contribution in [0.2, 0.25) is 0 Å². The van der Waals surface area contributed by atoms with E-state index < -0.39 is 24.0 Å². The molecule has 0 bridgehead atoms. The average molecular weight is 301 g/mol. The van der Waals surface area contributed by atoms with Crippen molar-refractivity contribution in [1.82, 2.24) is 10.6 Å². The fourth-order valence-electron chi connectivity index (χ4n) is 1.66. The normalized spacial score (nSPS) is 14.4. The van der Waals surface area contributed by atoms with E-state index in [1.165, 1.54) is 19.1 Å². The Bertz CT molecular complexity index is 646. The number of urea groups is 1. The zero-order chi connectivity index (χ0) is 16.1. The van der Waals surface area contributed by atoms with Crippen LogP contribution in [0.5, 0.6) is 0 Å². The quantitative estimate of drug-likeness (QED) is 0.809. The summed E-state index contributed by atoms with van der Waals surface area (Å²) in [7, 11) is 0. The van der Waals surface area contributed by atoms with Crippen molar-refractivity contribution in [1.29, 1.82) is 5.26 Å². The highest BCUT2D eigenvalue weighted by Crippen LogP contribution is 2.18. The van der Waals surface area contributed by atoms with E-state index >= 15 is 0 Å². The number of ether oxygens (including phenoxy) is 1. The molecule has 22 heavy (non-hydrogen) atoms. The third-order valence-corrected chi connectivity index (χ3v) is 3.03. The van der Waals surface area contributed by atoms with Crippen molar-refractivity contribution in [2.24, 2.45) is 0 Å². The van der Waals surface area contributed by atoms with Crippen LogP contribution in [0, 0.1) is 11.3 Å². The standard InChI is InChI=1S/C15H15N3O4/c1-9(13(19)18-15(21)17-12-5-6-12)22-14(20)11-4-2-3-10(7-11)8-16/h2-4,7,9,12H,5-6H2,1H3,(H2,17,18,19,21)/t9-/m0/s1. The van der Waals surface area contributed by atoms with Gasteiger partial charge in [-0.1, -0.05) is 6.07 Å². The number of carbonyl (C=O) groups excluding carboxylic acids is 3. The maximum atomic E-state index is 11.9. The SMILES string of the molecule is C[C@H](OC(=O)c1cccc(C#N)c1)C(=O)NC(=O)NC1CC1. The molecule has 1 fully saturated rings. The molecule has 1 aromatic carbocycles. The minimum Gasteiger partial charge on any atom is -0.449 e. The number of amides is 3. The van der Waals surface area contributed by atoms with E-state index in [0.29, 0.717) is 5.56 Å². The topological polar surface area (TPSA) is 108 Å². The lowest BCUT2D eigenvalue weighted by molar-refractivity contribution is -0.127. The van der Waals surface area contributed by atoms with Crippen LogP contribution in [-0.4, -0.2) is 30.1 Å². The van der Waals surface area contributed by atoms with Crippen LogP contribution >= 0.6 is 0 Å². The van der Waals surface area contributed by atoms with Crippen LogP contribution in [-0.2, 0) is 9.53 Å². The van der Waals surface area contributed by atoms with Crippen molar-refractivity contribution in [2.45, 2.75) is 31.9 Å². The number of benzene rings is 1. The van der Waals surface area contributed by atoms with E-state index in [1.807, 2.05) is 6.07 Å². The maximum Gasteiger partial charge on any atom is 0.338 e. The van der Waals surface area contributed by atoms with Gasteiger partial charge in [0, 0.05) is 6.04 Å². The van der Waals surface area contributed by atoms with E-state index in [0.717, 1.165) is 12.8 Å². The van der Waals surface area contributed by atoms with E-state index in [2.05, 4.69) is 10.6 Å². The molecule has 0 radical (unpaired) electrons. The van der Waals surface area contributed by atoms with Gasteiger partial charge in [-0.15, -0.1) is 0 Å². The summed E-state index contributed by atoms with van der Waals surface area (Å²) >= 11 is 0. The molecule has 2 N–H and O–H groups in total. The first kappa shape index (κ1) is 15.5. The summed E-state index contributed by atoms with van der Waals surface area (Å²) in [5.74, 6) is -1.44. The predicted octanol–water partition coefficient (Wildman–Crippen LogP) is 1.09. The lowest BCUT2D eigenvalue weighted by Gasteiger charge is -2.13. The van der Waals surface area contributed by atoms with Crippen molar-refractivity contribution in [2.75, 3.05) is 0 Å². The van der Waals surface area contributed by atoms with Crippen LogP contribution in [0.1, 0.15) is 35.7 Å². The van der Waals surface area contributed by atoms with Gasteiger partial charge in [0.05, 0.1) is 17.2 Å². The van der Waals surface area contributed by atoms with Gasteiger partial charge in [-0.05, 0) is 38.0 Å². The molecule has 0 saturated heterocycles. The number of nitrogens with one attached hydrogen (secondary N) is 2. The van der Waals surface area contributed by atoms with Crippen molar-refractivity contribution in [3.63, 3.8) is 0 Å². The molecule has 1 atom stereocenters. The van der Waals surface area contributed by atoms with E-state index in [9.17, 15) is 14.4 Å². The molecule has 114 valence electrons. The number of rotatable bonds is 4. The van der Waals surface area contributed by atoms with Gasteiger partial charge in [0.15, 0.2) is 6.10 Å². The van der Waals surface area contributed by atoms with Gasteiger partial charge in [-0.25, -0.2) is 9.59 Å². The Hall–Kier alpha value is -2.88. The highest BCUT2D eigenvalue weighted by molar-refractivity contribution is 5.98. The number of nitriles is 1. The Morgan fingerprint density at radius 3 is 2.73 bits per heavy atom. The number of carbonyl (C=O) groups is 3. The maximum absolute atomic E-state index is 11.9. The fourth-order valence-corrected chi connectivity index (χ4v) is 1.66. The molecule has 1 saturated carbocycles. The summed E-state index contributed by atoms with van der Waals surface area (Å²) in [6.45, 7) is 1.37. The Morgan fingerprint density at radius 2 is 2.09 bits per heavy atom. The fraction of sp³-hybridized carbons (Fsp3) is 0.333. The highest BCUT2D eigenvalue weighted by Gasteiger charge is 2.26. The summed E-state index contributed by atoms with van der Waals surface area (Å²) in [6, 6.07) is 7.38. The third kappa shape index (κ3) is 4.31. The van der Waals surface area contributed by atoms with Crippen molar-refractivity contribution < 1.29 is 19.1 Å². The van der Waals surface area contributed by atoms with E-state index in [1.54, 1.807) is 12.1 Å². The molecule has 3 amide bonds. The van der Waals surface area contributed by atoms with Crippen LogP contribution in [0.25, 0.3) is 0 Å². The minimum atomic E-state index is -1.12. The third-order valence-electron chi connectivity index (χ3n) is 3.03. The summed E-state index contributed by atoms with van der Waals surface area (Å²) in [6.07, 6.45) is 0.686. The van der Waals surface area contributed by atoms with Crippen molar-refractivity contribution in [3.8, 4) is 6.07 Å². The number of hydrogen-bond donors (Lipinski definition) is 2. The van der Waals surface area contributed by atoms with Crippen LogP contribution < -0.4 is 10.6 Å². The molecule has 2 rings (SSSR count). The Kier molecular flexibility index (Phi) is 4.73. The Balaban J connectivity index is 1.88. The Morgan fingerprint density at radius 1 is 1.36 bits per heavy atom. The van der Waals surface area contributed by atoms with Gasteiger partial charge in [0.25, 0.3) is 5.91 Å². The van der Waals surface area contributed by atoms with Crippen LogP contribution in [0.3, 0.4) is 0 Å². The molecule has 0 aromatic heterocycles. The summed E-state index contributed by atoms with van der Waals surface area (Å²) in [5, 5.41) is 13.5. The van der Waals surface area contributed by atoms with Gasteiger partial charge in [-0.3, -0.25) is 10.1 Å². The van der Waals surface area contributed by atoms with Crippen LogP contribution in [0.15, 0.2) is 24.3 Å². The predicted molar refractivity (Wildman–Crippen MR) is 75.7 cm³/mol. The lowest BCUT2D eigenvalue weighted by atomic mass is 10.1. The van der Waals surface area contributed by atoms with Gasteiger partial charge in [0.2, 0.25) is 0 Å². The summed E-state index contributed by atoms with van der Waals surface area (Å²) < 4.78 is 4.98. The molecule has 0 heterocycles. The van der Waals surface area contributed by atoms with Gasteiger partial charge in [0.1, 0.15) is 0 Å². The first-order valence-corrected chi connectivity index (χ1v) is 6.82. The van der Waals surface area contributed by atoms with E-state index in [4.69, 9.17) is 10.00 Å². The molecule has 7 heteroatoms. The zero-order valence-electron chi connectivity index (χ0n) is 12.0. The van der Waals surface area contributed by atoms with Crippen LogP contribution in [0.4, 0.5) is 4.79 Å². The smallest absolute Gasteiger partial charge is 0.338 e. The summed E-state index contributed by atoms with van der Waals surface area (Å²) in [4.78, 5) is 35.1. The molecule has 0 spiro atoms. The van der Waals surface area contributed by atoms with E-state index in [-0.39, 0.29) is 11.6 Å². The first-order valence-electron chi connectivity index (χ1n) is 6.82. The van der Waals surface area contributed by atoms with Gasteiger partial charge < -0.3 is 10.1 Å². The summed E-state index contributed by atoms with van der Waals surface area (Å²) in [5.41, 5.74) is 0.483. The highest BCUT2D eigenvalue weighted by atomic mass is 16.5. The Labute approximate surface area is 127 Å². The molecular weight excluding hydrogens is 286 g/mol. The molecule has 1 aliphatic carbocycles. The molecule has 1 aromatic rings. The molecule has 1 aliphatic rings. The van der Waals surface area contributed by atoms with Gasteiger partial charge in [-0.2, -0.15) is 5.26 Å². The van der Waals surface area contributed by atoms with Crippen molar-refractivity contribution in [3.05, 3.63) is 35.4 Å². The molecule has 0 aliphatic heterocycles. The lowest BCUT2D eigenvalue weighted by Crippen LogP contribution is -2.45. The molecule has 0 unspecified atom stereocenters. The van der Waals surface area contributed by atoms with Crippen molar-refractivity contribution >= 4 is 17.9 Å². The number of nitrogens with zero attached hydrogens (tertiary/aromatic N) is 1. The number of esters is 1. The van der Waals surface area contributed by atoms with Gasteiger partial charge >= 0.3 is 12.0 Å². The average Bonchev–Trinajstić information content (AvgIpc) is 3.30. The second kappa shape index (κ2) is 6.72. The molecular formula is C15H15N3O4. The number of hydrogen-bond acceptors (Lipinski definition) is 5. The second-order valence-electron chi connectivity index (χ2n) is 4.98. The first-order chi connectivity index (χ1) is 10.5. The number of imide groups is 1. The molecule has 7 nitrogen and oxygen atoms in total. The largest absolute Gasteiger partial charge is 0.449 e. The monoisotopic (exact) mass is 301 g/mol. The minimum absolute atomic E-state index is 0.124. The zero-order valence-corrected chi connectivity index (χ0v) is 12.0.